The Bertz CT molecular complexity index is 320. The molecule has 1 rings (SSSR count). The molecular formula is C7H3FINO. The lowest BCUT2D eigenvalue weighted by atomic mass is 10.3. The van der Waals surface area contributed by atoms with Gasteiger partial charge in [0.25, 0.3) is 0 Å². The number of isocyanates is 1. The van der Waals surface area contributed by atoms with E-state index in [0.717, 1.165) is 3.57 Å². The summed E-state index contributed by atoms with van der Waals surface area (Å²) in [6.45, 7) is 0. The fourth-order valence-corrected chi connectivity index (χ4v) is 1.08. The number of benzene rings is 1. The number of carbonyl (C=O) groups excluding carboxylic acids is 1. The Morgan fingerprint density at radius 3 is 2.91 bits per heavy atom. The summed E-state index contributed by atoms with van der Waals surface area (Å²) in [6.07, 6.45) is 1.36. The Kier molecular flexibility index (Phi) is 2.73. The molecule has 0 atom stereocenters. The lowest BCUT2D eigenvalue weighted by Crippen LogP contribution is -1.76. The van der Waals surface area contributed by atoms with E-state index in [2.05, 4.69) is 4.99 Å². The zero-order valence-electron chi connectivity index (χ0n) is 5.34. The first-order valence-corrected chi connectivity index (χ1v) is 3.85. The summed E-state index contributed by atoms with van der Waals surface area (Å²) in [6, 6.07) is 4.05. The Morgan fingerprint density at radius 2 is 2.27 bits per heavy atom. The first-order chi connectivity index (χ1) is 5.24. The van der Waals surface area contributed by atoms with Gasteiger partial charge in [-0.1, -0.05) is 0 Å². The molecule has 4 heteroatoms. The number of hydrogen-bond donors (Lipinski definition) is 0. The molecule has 0 aromatic heterocycles. The average molecular weight is 263 g/mol. The summed E-state index contributed by atoms with van der Waals surface area (Å²) < 4.78 is 13.2. The van der Waals surface area contributed by atoms with Crippen molar-refractivity contribution in [3.05, 3.63) is 27.6 Å². The van der Waals surface area contributed by atoms with Crippen molar-refractivity contribution >= 4 is 34.4 Å². The normalized spacial score (nSPS) is 8.91. The van der Waals surface area contributed by atoms with Crippen LogP contribution in [0.1, 0.15) is 0 Å². The molecule has 0 saturated heterocycles. The van der Waals surface area contributed by atoms with Crippen LogP contribution < -0.4 is 0 Å². The second-order valence-electron chi connectivity index (χ2n) is 1.80. The molecule has 0 bridgehead atoms. The summed E-state index contributed by atoms with van der Waals surface area (Å²) >= 11 is 1.96. The van der Waals surface area contributed by atoms with Crippen LogP contribution >= 0.6 is 22.6 Å². The Labute approximate surface area is 76.3 Å². The topological polar surface area (TPSA) is 29.4 Å². The van der Waals surface area contributed by atoms with Crippen LogP contribution in [0.3, 0.4) is 0 Å². The van der Waals surface area contributed by atoms with Crippen LogP contribution in [0.2, 0.25) is 0 Å². The second kappa shape index (κ2) is 3.59. The molecule has 0 saturated carbocycles. The zero-order valence-corrected chi connectivity index (χ0v) is 7.50. The van der Waals surface area contributed by atoms with Crippen LogP contribution in [0.4, 0.5) is 10.1 Å². The molecule has 0 aliphatic carbocycles. The highest BCUT2D eigenvalue weighted by Gasteiger charge is 1.98. The molecule has 0 aliphatic heterocycles. The van der Waals surface area contributed by atoms with Crippen molar-refractivity contribution in [3.8, 4) is 0 Å². The van der Waals surface area contributed by atoms with E-state index in [1.165, 1.54) is 18.2 Å². The molecule has 0 radical (unpaired) electrons. The molecule has 0 aliphatic rings. The standard InChI is InChI=1S/C7H3FINO/c8-5-1-2-6(9)7(3-5)10-4-11/h1-3H. The van der Waals surface area contributed by atoms with Crippen LogP contribution in [-0.2, 0) is 4.79 Å². The van der Waals surface area contributed by atoms with E-state index in [1.807, 2.05) is 22.6 Å². The van der Waals surface area contributed by atoms with Gasteiger partial charge in [-0.05, 0) is 34.7 Å². The van der Waals surface area contributed by atoms with Gasteiger partial charge in [0.05, 0.1) is 5.69 Å². The number of hydrogen-bond acceptors (Lipinski definition) is 2. The number of rotatable bonds is 1. The minimum atomic E-state index is -0.403. The summed E-state index contributed by atoms with van der Waals surface area (Å²) in [4.78, 5) is 13.1. The van der Waals surface area contributed by atoms with Crippen LogP contribution in [0.5, 0.6) is 0 Å². The van der Waals surface area contributed by atoms with Gasteiger partial charge in [0.2, 0.25) is 6.08 Å². The van der Waals surface area contributed by atoms with E-state index in [0.29, 0.717) is 5.69 Å². The summed E-state index contributed by atoms with van der Waals surface area (Å²) in [5.74, 6) is -0.403. The Morgan fingerprint density at radius 1 is 1.55 bits per heavy atom. The van der Waals surface area contributed by atoms with Crippen molar-refractivity contribution in [1.82, 2.24) is 0 Å². The zero-order chi connectivity index (χ0) is 8.27. The van der Waals surface area contributed by atoms with Gasteiger partial charge in [-0.3, -0.25) is 0 Å². The van der Waals surface area contributed by atoms with E-state index in [9.17, 15) is 9.18 Å². The first-order valence-electron chi connectivity index (χ1n) is 2.77. The third kappa shape index (κ3) is 2.10. The highest BCUT2D eigenvalue weighted by Crippen LogP contribution is 2.21. The third-order valence-electron chi connectivity index (χ3n) is 1.07. The van der Waals surface area contributed by atoms with Crippen LogP contribution in [-0.4, -0.2) is 6.08 Å². The predicted molar refractivity (Wildman–Crippen MR) is 46.9 cm³/mol. The van der Waals surface area contributed by atoms with Crippen molar-refractivity contribution in [2.24, 2.45) is 4.99 Å². The van der Waals surface area contributed by atoms with Crippen LogP contribution in [0.15, 0.2) is 23.2 Å². The van der Waals surface area contributed by atoms with Gasteiger partial charge >= 0.3 is 0 Å². The minimum Gasteiger partial charge on any atom is -0.211 e. The van der Waals surface area contributed by atoms with Gasteiger partial charge in [-0.25, -0.2) is 9.18 Å². The van der Waals surface area contributed by atoms with Crippen molar-refractivity contribution < 1.29 is 9.18 Å². The lowest BCUT2D eigenvalue weighted by molar-refractivity contribution is 0.565. The first kappa shape index (κ1) is 8.36. The van der Waals surface area contributed by atoms with Crippen molar-refractivity contribution in [2.75, 3.05) is 0 Å². The molecule has 0 amide bonds. The second-order valence-corrected chi connectivity index (χ2v) is 2.96. The molecule has 56 valence electrons. The van der Waals surface area contributed by atoms with Gasteiger partial charge in [-0.2, -0.15) is 4.99 Å². The van der Waals surface area contributed by atoms with Crippen molar-refractivity contribution in [3.63, 3.8) is 0 Å². The van der Waals surface area contributed by atoms with Gasteiger partial charge in [0.1, 0.15) is 5.82 Å². The van der Waals surface area contributed by atoms with E-state index < -0.39 is 5.82 Å². The molecule has 1 aromatic carbocycles. The molecule has 0 N–H and O–H groups in total. The average Bonchev–Trinajstić information content (AvgIpc) is 1.98. The Hall–Kier alpha value is -0.740. The van der Waals surface area contributed by atoms with E-state index in [4.69, 9.17) is 0 Å². The van der Waals surface area contributed by atoms with Gasteiger partial charge in [0.15, 0.2) is 0 Å². The summed E-state index contributed by atoms with van der Waals surface area (Å²) in [5.41, 5.74) is 0.320. The Balaban J connectivity index is 3.22. The SMILES string of the molecule is O=C=Nc1cc(F)ccc1I. The maximum absolute atomic E-state index is 12.5. The van der Waals surface area contributed by atoms with E-state index in [-0.39, 0.29) is 0 Å². The number of aliphatic imine (C=N–C) groups is 1. The fourth-order valence-electron chi connectivity index (χ4n) is 0.621. The molecule has 2 nitrogen and oxygen atoms in total. The van der Waals surface area contributed by atoms with Gasteiger partial charge in [0, 0.05) is 9.64 Å². The molecule has 1 aromatic rings. The monoisotopic (exact) mass is 263 g/mol. The predicted octanol–water partition coefficient (Wildman–Crippen LogP) is 2.40. The van der Waals surface area contributed by atoms with E-state index >= 15 is 0 Å². The maximum Gasteiger partial charge on any atom is 0.240 e. The lowest BCUT2D eigenvalue weighted by Gasteiger charge is -1.93. The largest absolute Gasteiger partial charge is 0.240 e. The van der Waals surface area contributed by atoms with Crippen LogP contribution in [0.25, 0.3) is 0 Å². The summed E-state index contributed by atoms with van der Waals surface area (Å²) in [7, 11) is 0. The molecular weight excluding hydrogens is 260 g/mol. The molecule has 11 heavy (non-hydrogen) atoms. The van der Waals surface area contributed by atoms with E-state index in [1.54, 1.807) is 6.07 Å². The van der Waals surface area contributed by atoms with Gasteiger partial charge < -0.3 is 0 Å². The smallest absolute Gasteiger partial charge is 0.211 e. The van der Waals surface area contributed by atoms with Crippen molar-refractivity contribution in [1.29, 1.82) is 0 Å². The molecule has 0 heterocycles. The number of nitrogens with zero attached hydrogens (tertiary/aromatic N) is 1. The van der Waals surface area contributed by atoms with Gasteiger partial charge in [-0.15, -0.1) is 0 Å². The third-order valence-corrected chi connectivity index (χ3v) is 1.99. The molecule has 0 fully saturated rings. The van der Waals surface area contributed by atoms with Crippen LogP contribution in [0, 0.1) is 9.39 Å². The highest BCUT2D eigenvalue weighted by atomic mass is 127. The summed E-state index contributed by atoms with van der Waals surface area (Å²) in [5, 5.41) is 0. The molecule has 0 spiro atoms. The van der Waals surface area contributed by atoms with Crippen molar-refractivity contribution in [2.45, 2.75) is 0 Å². The molecule has 0 unspecified atom stereocenters. The maximum atomic E-state index is 12.5. The minimum absolute atomic E-state index is 0.320. The highest BCUT2D eigenvalue weighted by molar-refractivity contribution is 14.1. The fraction of sp³-hybridized carbons (Fsp3) is 0. The number of halogens is 2. The quantitative estimate of drug-likeness (QED) is 0.434.